The van der Waals surface area contributed by atoms with E-state index in [0.717, 1.165) is 23.9 Å². The first-order chi connectivity index (χ1) is 8.65. The summed E-state index contributed by atoms with van der Waals surface area (Å²) in [7, 11) is 0. The van der Waals surface area contributed by atoms with Crippen LogP contribution in [0.5, 0.6) is 0 Å². The molecule has 0 bridgehead atoms. The molecule has 1 aromatic rings. The predicted molar refractivity (Wildman–Crippen MR) is 74.2 cm³/mol. The summed E-state index contributed by atoms with van der Waals surface area (Å²) in [6, 6.07) is 4.53. The van der Waals surface area contributed by atoms with Gasteiger partial charge in [0, 0.05) is 11.6 Å². The SMILES string of the molecule is CC1CCCC(CNCc2cc(F)ccc2Cl)C1. The topological polar surface area (TPSA) is 12.0 Å². The fourth-order valence-corrected chi connectivity index (χ4v) is 3.02. The van der Waals surface area contributed by atoms with Crippen molar-refractivity contribution in [2.45, 2.75) is 39.2 Å². The van der Waals surface area contributed by atoms with E-state index in [0.29, 0.717) is 11.6 Å². The zero-order valence-electron chi connectivity index (χ0n) is 10.9. The van der Waals surface area contributed by atoms with Gasteiger partial charge in [0.2, 0.25) is 0 Å². The van der Waals surface area contributed by atoms with E-state index in [1.165, 1.54) is 37.8 Å². The van der Waals surface area contributed by atoms with Crippen LogP contribution >= 0.6 is 11.6 Å². The molecule has 0 spiro atoms. The normalized spacial score (nSPS) is 24.2. The summed E-state index contributed by atoms with van der Waals surface area (Å²) in [6.07, 6.45) is 5.33. The number of hydrogen-bond donors (Lipinski definition) is 1. The summed E-state index contributed by atoms with van der Waals surface area (Å²) in [5.74, 6) is 1.40. The third kappa shape index (κ3) is 3.96. The monoisotopic (exact) mass is 269 g/mol. The van der Waals surface area contributed by atoms with Gasteiger partial charge in [0.15, 0.2) is 0 Å². The quantitative estimate of drug-likeness (QED) is 0.855. The van der Waals surface area contributed by atoms with Crippen molar-refractivity contribution in [3.05, 3.63) is 34.6 Å². The summed E-state index contributed by atoms with van der Waals surface area (Å²) >= 11 is 6.03. The van der Waals surface area contributed by atoms with E-state index in [4.69, 9.17) is 11.6 Å². The molecule has 1 fully saturated rings. The summed E-state index contributed by atoms with van der Waals surface area (Å²) in [5.41, 5.74) is 0.848. The minimum absolute atomic E-state index is 0.220. The minimum atomic E-state index is -0.220. The Labute approximate surface area is 114 Å². The highest BCUT2D eigenvalue weighted by atomic mass is 35.5. The molecule has 18 heavy (non-hydrogen) atoms. The van der Waals surface area contributed by atoms with E-state index in [1.54, 1.807) is 6.07 Å². The standard InChI is InChI=1S/C15H21ClFN/c1-11-3-2-4-12(7-11)9-18-10-13-8-14(17)5-6-15(13)16/h5-6,8,11-12,18H,2-4,7,9-10H2,1H3. The van der Waals surface area contributed by atoms with E-state index >= 15 is 0 Å². The van der Waals surface area contributed by atoms with E-state index in [9.17, 15) is 4.39 Å². The van der Waals surface area contributed by atoms with E-state index in [2.05, 4.69) is 12.2 Å². The van der Waals surface area contributed by atoms with Crippen LogP contribution in [0.3, 0.4) is 0 Å². The average molecular weight is 270 g/mol. The molecular weight excluding hydrogens is 249 g/mol. The Balaban J connectivity index is 1.79. The molecule has 0 amide bonds. The summed E-state index contributed by atoms with van der Waals surface area (Å²) in [4.78, 5) is 0. The van der Waals surface area contributed by atoms with Crippen LogP contribution in [-0.2, 0) is 6.54 Å². The number of hydrogen-bond acceptors (Lipinski definition) is 1. The highest BCUT2D eigenvalue weighted by molar-refractivity contribution is 6.31. The molecule has 2 unspecified atom stereocenters. The molecule has 0 saturated heterocycles. The fraction of sp³-hybridized carbons (Fsp3) is 0.600. The summed E-state index contributed by atoms with van der Waals surface area (Å²) in [5, 5.41) is 4.05. The van der Waals surface area contributed by atoms with Gasteiger partial charge in [-0.25, -0.2) is 4.39 Å². The second kappa shape index (κ2) is 6.53. The smallest absolute Gasteiger partial charge is 0.123 e. The van der Waals surface area contributed by atoms with Crippen LogP contribution in [-0.4, -0.2) is 6.54 Å². The Bertz CT molecular complexity index is 394. The molecule has 0 aromatic heterocycles. The van der Waals surface area contributed by atoms with E-state index in [-0.39, 0.29) is 5.82 Å². The van der Waals surface area contributed by atoms with Gasteiger partial charge >= 0.3 is 0 Å². The molecular formula is C15H21ClFN. The van der Waals surface area contributed by atoms with Gasteiger partial charge in [-0.05, 0) is 55.0 Å². The lowest BCUT2D eigenvalue weighted by atomic mass is 9.82. The van der Waals surface area contributed by atoms with Crippen LogP contribution in [0.25, 0.3) is 0 Å². The van der Waals surface area contributed by atoms with Crippen molar-refractivity contribution in [2.24, 2.45) is 11.8 Å². The Morgan fingerprint density at radius 3 is 3.00 bits per heavy atom. The maximum absolute atomic E-state index is 13.1. The van der Waals surface area contributed by atoms with E-state index < -0.39 is 0 Å². The van der Waals surface area contributed by atoms with Crippen LogP contribution < -0.4 is 5.32 Å². The number of halogens is 2. The molecule has 1 aliphatic carbocycles. The molecule has 1 N–H and O–H groups in total. The molecule has 1 nitrogen and oxygen atoms in total. The van der Waals surface area contributed by atoms with Gasteiger partial charge in [-0.3, -0.25) is 0 Å². The maximum Gasteiger partial charge on any atom is 0.123 e. The molecule has 2 rings (SSSR count). The first-order valence-corrected chi connectivity index (χ1v) is 7.17. The maximum atomic E-state index is 13.1. The van der Waals surface area contributed by atoms with Gasteiger partial charge in [-0.2, -0.15) is 0 Å². The van der Waals surface area contributed by atoms with E-state index in [1.807, 2.05) is 0 Å². The Hall–Kier alpha value is -0.600. The average Bonchev–Trinajstić information content (AvgIpc) is 2.34. The highest BCUT2D eigenvalue weighted by Gasteiger charge is 2.18. The second-order valence-corrected chi connectivity index (χ2v) is 5.91. The molecule has 0 aliphatic heterocycles. The van der Waals surface area contributed by atoms with Crippen molar-refractivity contribution >= 4 is 11.6 Å². The molecule has 0 heterocycles. The van der Waals surface area contributed by atoms with Crippen molar-refractivity contribution in [1.29, 1.82) is 0 Å². The molecule has 2 atom stereocenters. The van der Waals surface area contributed by atoms with Crippen LogP contribution in [0.15, 0.2) is 18.2 Å². The van der Waals surface area contributed by atoms with Gasteiger partial charge in [0.05, 0.1) is 0 Å². The van der Waals surface area contributed by atoms with Crippen LogP contribution in [0.4, 0.5) is 4.39 Å². The van der Waals surface area contributed by atoms with Crippen LogP contribution in [0.2, 0.25) is 5.02 Å². The third-order valence-electron chi connectivity index (χ3n) is 3.80. The van der Waals surface area contributed by atoms with Gasteiger partial charge < -0.3 is 5.32 Å². The van der Waals surface area contributed by atoms with Crippen molar-refractivity contribution in [2.75, 3.05) is 6.54 Å². The molecule has 1 aromatic carbocycles. The van der Waals surface area contributed by atoms with Crippen molar-refractivity contribution in [3.8, 4) is 0 Å². The van der Waals surface area contributed by atoms with Crippen molar-refractivity contribution in [1.82, 2.24) is 5.32 Å². The first kappa shape index (κ1) is 13.8. The molecule has 1 saturated carbocycles. The number of nitrogens with one attached hydrogen (secondary N) is 1. The first-order valence-electron chi connectivity index (χ1n) is 6.80. The largest absolute Gasteiger partial charge is 0.312 e. The van der Waals surface area contributed by atoms with Gasteiger partial charge in [-0.15, -0.1) is 0 Å². The molecule has 1 aliphatic rings. The number of rotatable bonds is 4. The fourth-order valence-electron chi connectivity index (χ4n) is 2.83. The van der Waals surface area contributed by atoms with Crippen molar-refractivity contribution < 1.29 is 4.39 Å². The summed E-state index contributed by atoms with van der Waals surface area (Å²) < 4.78 is 13.1. The van der Waals surface area contributed by atoms with Gasteiger partial charge in [0.1, 0.15) is 5.82 Å². The Morgan fingerprint density at radius 1 is 1.39 bits per heavy atom. The van der Waals surface area contributed by atoms with Gasteiger partial charge in [0.25, 0.3) is 0 Å². The van der Waals surface area contributed by atoms with Crippen LogP contribution in [0.1, 0.15) is 38.2 Å². The minimum Gasteiger partial charge on any atom is -0.312 e. The lowest BCUT2D eigenvalue weighted by Gasteiger charge is -2.26. The lowest BCUT2D eigenvalue weighted by molar-refractivity contribution is 0.274. The number of benzene rings is 1. The molecule has 100 valence electrons. The molecule has 3 heteroatoms. The zero-order chi connectivity index (χ0) is 13.0. The van der Waals surface area contributed by atoms with Crippen LogP contribution in [0, 0.1) is 17.7 Å². The summed E-state index contributed by atoms with van der Waals surface area (Å²) in [6.45, 7) is 3.99. The Morgan fingerprint density at radius 2 is 2.22 bits per heavy atom. The zero-order valence-corrected chi connectivity index (χ0v) is 11.6. The predicted octanol–water partition coefficient (Wildman–Crippen LogP) is 4.40. The Kier molecular flexibility index (Phi) is 5.02. The highest BCUT2D eigenvalue weighted by Crippen LogP contribution is 2.28. The second-order valence-electron chi connectivity index (χ2n) is 5.50. The third-order valence-corrected chi connectivity index (χ3v) is 4.17. The molecule has 0 radical (unpaired) electrons. The van der Waals surface area contributed by atoms with Crippen molar-refractivity contribution in [3.63, 3.8) is 0 Å². The van der Waals surface area contributed by atoms with Gasteiger partial charge in [-0.1, -0.05) is 31.4 Å². The lowest BCUT2D eigenvalue weighted by Crippen LogP contribution is -2.26.